The first-order valence-corrected chi connectivity index (χ1v) is 13.5. The Morgan fingerprint density at radius 2 is 0.743 bits per heavy atom. The lowest BCUT2D eigenvalue weighted by atomic mass is 10.1. The maximum absolute atomic E-state index is 5.59. The van der Waals surface area contributed by atoms with Gasteiger partial charge in [-0.2, -0.15) is 0 Å². The van der Waals surface area contributed by atoms with Crippen molar-refractivity contribution in [3.05, 3.63) is 23.0 Å². The Balaban J connectivity index is 4.19. The molecule has 0 aliphatic heterocycles. The van der Waals surface area contributed by atoms with Crippen molar-refractivity contribution >= 4 is 0 Å². The topological polar surface area (TPSA) is 64.6 Å². The van der Waals surface area contributed by atoms with Gasteiger partial charge in [0, 0.05) is 12.8 Å². The lowest BCUT2D eigenvalue weighted by Crippen LogP contribution is -2.12. The Kier molecular flexibility index (Phi) is 24.6. The van der Waals surface area contributed by atoms with Crippen LogP contribution >= 0.6 is 0 Å². The van der Waals surface area contributed by atoms with Crippen LogP contribution in [0.1, 0.15) is 104 Å². The van der Waals surface area contributed by atoms with Crippen molar-refractivity contribution in [2.75, 3.05) is 55.2 Å². The van der Waals surface area contributed by atoms with Crippen LogP contribution in [0.3, 0.4) is 0 Å². The second-order valence-corrected chi connectivity index (χ2v) is 8.68. The van der Waals surface area contributed by atoms with Crippen molar-refractivity contribution in [1.29, 1.82) is 0 Å². The van der Waals surface area contributed by atoms with E-state index in [-0.39, 0.29) is 13.6 Å². The molecule has 0 aromatic rings. The summed E-state index contributed by atoms with van der Waals surface area (Å²) < 4.78 is 38.6. The van der Waals surface area contributed by atoms with Gasteiger partial charge >= 0.3 is 0 Å². The molecular formula is C28H54O7. The first-order valence-electron chi connectivity index (χ1n) is 13.5. The van der Waals surface area contributed by atoms with Gasteiger partial charge in [-0.15, -0.1) is 0 Å². The molecule has 208 valence electrons. The van der Waals surface area contributed by atoms with E-state index in [0.29, 0.717) is 24.7 Å². The molecule has 0 fully saturated rings. The molecule has 0 saturated heterocycles. The minimum atomic E-state index is 0.0990. The molecule has 35 heavy (non-hydrogen) atoms. The average Bonchev–Trinajstić information content (AvgIpc) is 2.88. The number of hydrogen-bond acceptors (Lipinski definition) is 7. The maximum Gasteiger partial charge on any atom is 0.159 e. The van der Waals surface area contributed by atoms with Crippen molar-refractivity contribution in [3.63, 3.8) is 0 Å². The second-order valence-electron chi connectivity index (χ2n) is 8.68. The molecule has 7 nitrogen and oxygen atoms in total. The fraction of sp³-hybridized carbons (Fsp3) is 0.857. The van der Waals surface area contributed by atoms with Crippen LogP contribution in [0.15, 0.2) is 23.0 Å². The summed E-state index contributed by atoms with van der Waals surface area (Å²) in [5.74, 6) is 3.09. The molecule has 0 unspecified atom stereocenters. The Labute approximate surface area is 215 Å². The van der Waals surface area contributed by atoms with Crippen LogP contribution in [0.25, 0.3) is 0 Å². The molecule has 0 aromatic carbocycles. The van der Waals surface area contributed by atoms with Gasteiger partial charge in [-0.1, -0.05) is 78.1 Å². The molecular weight excluding hydrogens is 448 g/mol. The van der Waals surface area contributed by atoms with E-state index in [0.717, 1.165) is 37.2 Å². The quantitative estimate of drug-likeness (QED) is 0.0691. The van der Waals surface area contributed by atoms with Gasteiger partial charge in [0.1, 0.15) is 38.3 Å². The third-order valence-electron chi connectivity index (χ3n) is 5.92. The van der Waals surface area contributed by atoms with E-state index in [2.05, 4.69) is 13.8 Å². The molecule has 0 amide bonds. The molecule has 0 bridgehead atoms. The predicted octanol–water partition coefficient (Wildman–Crippen LogP) is 7.46. The van der Waals surface area contributed by atoms with Gasteiger partial charge in [0.05, 0.1) is 28.4 Å². The first kappa shape index (κ1) is 33.6. The zero-order valence-electron chi connectivity index (χ0n) is 23.6. The molecule has 0 N–H and O–H groups in total. The number of hydrogen-bond donors (Lipinski definition) is 0. The molecule has 7 heteroatoms. The number of allylic oxidation sites excluding steroid dienone is 2. The van der Waals surface area contributed by atoms with E-state index in [1.165, 1.54) is 64.2 Å². The highest BCUT2D eigenvalue weighted by Gasteiger charge is 2.10. The fourth-order valence-electron chi connectivity index (χ4n) is 3.77. The summed E-state index contributed by atoms with van der Waals surface area (Å²) in [6.07, 6.45) is 16.6. The Morgan fingerprint density at radius 1 is 0.400 bits per heavy atom. The van der Waals surface area contributed by atoms with E-state index >= 15 is 0 Å². The molecule has 0 aliphatic carbocycles. The summed E-state index contributed by atoms with van der Waals surface area (Å²) in [5.41, 5.74) is 0. The summed E-state index contributed by atoms with van der Waals surface area (Å²) >= 11 is 0. The first-order chi connectivity index (χ1) is 17.2. The fourth-order valence-corrected chi connectivity index (χ4v) is 3.77. The SMILES string of the molecule is CCCCCCCCC(OC)=C(COCOCOCC(OC)=C(CCCCCCCC)OC)OC. The van der Waals surface area contributed by atoms with Gasteiger partial charge in [-0.05, 0) is 12.8 Å². The highest BCUT2D eigenvalue weighted by atomic mass is 16.7. The minimum Gasteiger partial charge on any atom is -0.498 e. The second kappa shape index (κ2) is 25.6. The zero-order valence-corrected chi connectivity index (χ0v) is 23.6. The zero-order chi connectivity index (χ0) is 26.0. The van der Waals surface area contributed by atoms with Gasteiger partial charge < -0.3 is 33.2 Å². The number of ether oxygens (including phenoxy) is 7. The monoisotopic (exact) mass is 502 g/mol. The Morgan fingerprint density at radius 3 is 1.09 bits per heavy atom. The highest BCUT2D eigenvalue weighted by Crippen LogP contribution is 2.18. The van der Waals surface area contributed by atoms with Crippen LogP contribution in [0.5, 0.6) is 0 Å². The Bertz CT molecular complexity index is 485. The highest BCUT2D eigenvalue weighted by molar-refractivity contribution is 5.02. The van der Waals surface area contributed by atoms with Gasteiger partial charge in [0.2, 0.25) is 0 Å². The van der Waals surface area contributed by atoms with Crippen molar-refractivity contribution in [2.24, 2.45) is 0 Å². The van der Waals surface area contributed by atoms with Crippen LogP contribution in [-0.4, -0.2) is 55.2 Å². The molecule has 0 spiro atoms. The lowest BCUT2D eigenvalue weighted by molar-refractivity contribution is -0.130. The average molecular weight is 503 g/mol. The van der Waals surface area contributed by atoms with E-state index in [1.807, 2.05) is 0 Å². The summed E-state index contributed by atoms with van der Waals surface area (Å²) in [7, 11) is 6.63. The van der Waals surface area contributed by atoms with Crippen LogP contribution in [-0.2, 0) is 33.2 Å². The number of methoxy groups -OCH3 is 4. The van der Waals surface area contributed by atoms with E-state index in [4.69, 9.17) is 33.2 Å². The molecule has 0 aliphatic rings. The number of unbranched alkanes of at least 4 members (excludes halogenated alkanes) is 10. The summed E-state index contributed by atoms with van der Waals surface area (Å²) in [6.45, 7) is 5.25. The van der Waals surface area contributed by atoms with Crippen LogP contribution in [0.4, 0.5) is 0 Å². The third kappa shape index (κ3) is 18.5. The van der Waals surface area contributed by atoms with Crippen LogP contribution in [0, 0.1) is 0 Å². The van der Waals surface area contributed by atoms with Gasteiger partial charge in [-0.3, -0.25) is 0 Å². The molecule has 0 saturated carbocycles. The lowest BCUT2D eigenvalue weighted by Gasteiger charge is -2.15. The standard InChI is InChI=1S/C28H54O7/c1-7-9-11-13-15-17-19-25(29-3)27(31-5)21-33-23-35-24-34-22-28(32-6)26(30-4)20-18-16-14-12-10-8-2/h7-24H2,1-6H3. The van der Waals surface area contributed by atoms with Crippen molar-refractivity contribution in [2.45, 2.75) is 104 Å². The third-order valence-corrected chi connectivity index (χ3v) is 5.92. The van der Waals surface area contributed by atoms with E-state index in [9.17, 15) is 0 Å². The number of rotatable bonds is 26. The van der Waals surface area contributed by atoms with Crippen molar-refractivity contribution in [3.8, 4) is 0 Å². The van der Waals surface area contributed by atoms with Crippen molar-refractivity contribution < 1.29 is 33.2 Å². The maximum atomic E-state index is 5.59. The van der Waals surface area contributed by atoms with Crippen molar-refractivity contribution in [1.82, 2.24) is 0 Å². The largest absolute Gasteiger partial charge is 0.498 e. The van der Waals surface area contributed by atoms with Gasteiger partial charge in [-0.25, -0.2) is 0 Å². The summed E-state index contributed by atoms with van der Waals surface area (Å²) in [6, 6.07) is 0. The molecule has 0 aromatic heterocycles. The Hall–Kier alpha value is -1.44. The van der Waals surface area contributed by atoms with E-state index < -0.39 is 0 Å². The normalized spacial score (nSPS) is 12.7. The molecule has 0 rings (SSSR count). The van der Waals surface area contributed by atoms with E-state index in [1.54, 1.807) is 28.4 Å². The van der Waals surface area contributed by atoms with Gasteiger partial charge in [0.15, 0.2) is 11.5 Å². The molecule has 0 heterocycles. The van der Waals surface area contributed by atoms with Crippen LogP contribution in [0.2, 0.25) is 0 Å². The van der Waals surface area contributed by atoms with Crippen LogP contribution < -0.4 is 0 Å². The predicted molar refractivity (Wildman–Crippen MR) is 141 cm³/mol. The smallest absolute Gasteiger partial charge is 0.159 e. The minimum absolute atomic E-state index is 0.0990. The molecule has 0 atom stereocenters. The van der Waals surface area contributed by atoms with Gasteiger partial charge in [0.25, 0.3) is 0 Å². The summed E-state index contributed by atoms with van der Waals surface area (Å²) in [4.78, 5) is 0. The summed E-state index contributed by atoms with van der Waals surface area (Å²) in [5, 5.41) is 0. The molecule has 0 radical (unpaired) electrons.